The summed E-state index contributed by atoms with van der Waals surface area (Å²) in [6.07, 6.45) is -2.22. The van der Waals surface area contributed by atoms with Crippen LogP contribution in [0.15, 0.2) is 36.5 Å². The fourth-order valence-electron chi connectivity index (χ4n) is 2.99. The van der Waals surface area contributed by atoms with Crippen molar-refractivity contribution in [3.05, 3.63) is 58.5 Å². The van der Waals surface area contributed by atoms with Crippen molar-refractivity contribution in [3.63, 3.8) is 0 Å². The minimum Gasteiger partial charge on any atom is -0.475 e. The Morgan fingerprint density at radius 2 is 1.94 bits per heavy atom. The van der Waals surface area contributed by atoms with E-state index in [1.165, 1.54) is 10.9 Å². The van der Waals surface area contributed by atoms with Gasteiger partial charge in [-0.25, -0.2) is 14.3 Å². The van der Waals surface area contributed by atoms with Crippen molar-refractivity contribution in [2.75, 3.05) is 6.54 Å². The Balaban J connectivity index is 0.000000339. The Morgan fingerprint density at radius 1 is 1.23 bits per heavy atom. The van der Waals surface area contributed by atoms with Crippen molar-refractivity contribution < 1.29 is 23.1 Å². The maximum atomic E-state index is 10.6. The number of hydrogen-bond donors (Lipinski definition) is 2. The number of halogens is 3. The zero-order chi connectivity index (χ0) is 22.6. The van der Waals surface area contributed by atoms with E-state index in [2.05, 4.69) is 44.6 Å². The summed E-state index contributed by atoms with van der Waals surface area (Å²) in [6, 6.07) is 10.4. The molecule has 0 aliphatic heterocycles. The molecular formula is C20H20F3N5O2S. The summed E-state index contributed by atoms with van der Waals surface area (Å²) < 4.78 is 33.7. The molecule has 0 radical (unpaired) electrons. The number of pyridine rings is 1. The smallest absolute Gasteiger partial charge is 0.475 e. The maximum absolute atomic E-state index is 10.6. The zero-order valence-electron chi connectivity index (χ0n) is 16.8. The highest BCUT2D eigenvalue weighted by Gasteiger charge is 2.38. The molecule has 0 bridgehead atoms. The number of aliphatic carboxylic acids is 1. The second kappa shape index (κ2) is 9.40. The zero-order valence-corrected chi connectivity index (χ0v) is 17.6. The van der Waals surface area contributed by atoms with Crippen LogP contribution in [0.25, 0.3) is 15.9 Å². The van der Waals surface area contributed by atoms with Gasteiger partial charge in [0.25, 0.3) is 0 Å². The third kappa shape index (κ3) is 5.56. The van der Waals surface area contributed by atoms with Crippen LogP contribution in [0.5, 0.6) is 0 Å². The van der Waals surface area contributed by atoms with Crippen LogP contribution in [-0.2, 0) is 17.8 Å². The molecule has 4 aromatic rings. The molecular weight excluding hydrogens is 431 g/mol. The first-order valence-electron chi connectivity index (χ1n) is 9.32. The van der Waals surface area contributed by atoms with E-state index in [-0.39, 0.29) is 0 Å². The number of carbonyl (C=O) groups is 1. The number of nitrogens with zero attached hydrogens (tertiary/aromatic N) is 4. The molecule has 3 heterocycles. The number of para-hydroxylation sites is 1. The average molecular weight is 451 g/mol. The molecule has 7 nitrogen and oxygen atoms in total. The third-order valence-electron chi connectivity index (χ3n) is 4.44. The molecule has 3 aromatic heterocycles. The van der Waals surface area contributed by atoms with Gasteiger partial charge in [0.15, 0.2) is 0 Å². The van der Waals surface area contributed by atoms with Gasteiger partial charge in [0.1, 0.15) is 5.01 Å². The molecule has 0 unspecified atom stereocenters. The van der Waals surface area contributed by atoms with E-state index in [4.69, 9.17) is 9.90 Å². The van der Waals surface area contributed by atoms with E-state index in [1.54, 1.807) is 11.3 Å². The van der Waals surface area contributed by atoms with Gasteiger partial charge in [-0.2, -0.15) is 18.3 Å². The number of carboxylic acid groups (broad SMARTS) is 1. The summed E-state index contributed by atoms with van der Waals surface area (Å²) in [7, 11) is 0. The minimum atomic E-state index is -5.08. The van der Waals surface area contributed by atoms with Crippen molar-refractivity contribution in [2.24, 2.45) is 0 Å². The molecule has 0 saturated heterocycles. The monoisotopic (exact) mass is 451 g/mol. The molecule has 0 atom stereocenters. The second-order valence-corrected chi connectivity index (χ2v) is 7.84. The van der Waals surface area contributed by atoms with E-state index in [1.807, 2.05) is 30.6 Å². The van der Waals surface area contributed by atoms with Gasteiger partial charge in [0.2, 0.25) is 4.96 Å². The van der Waals surface area contributed by atoms with E-state index >= 15 is 0 Å². The Bertz CT molecular complexity index is 1200. The highest BCUT2D eigenvalue weighted by Crippen LogP contribution is 2.18. The molecule has 0 aliphatic rings. The van der Waals surface area contributed by atoms with Crippen LogP contribution in [-0.4, -0.2) is 43.4 Å². The third-order valence-corrected chi connectivity index (χ3v) is 5.27. The predicted molar refractivity (Wildman–Crippen MR) is 111 cm³/mol. The summed E-state index contributed by atoms with van der Waals surface area (Å²) in [5.41, 5.74) is 4.58. The van der Waals surface area contributed by atoms with Crippen molar-refractivity contribution in [2.45, 2.75) is 33.0 Å². The highest BCUT2D eigenvalue weighted by molar-refractivity contribution is 7.16. The average Bonchev–Trinajstić information content (AvgIpc) is 3.20. The molecule has 1 aromatic carbocycles. The maximum Gasteiger partial charge on any atom is 0.490 e. The van der Waals surface area contributed by atoms with Gasteiger partial charge < -0.3 is 10.4 Å². The van der Waals surface area contributed by atoms with Crippen molar-refractivity contribution in [1.29, 1.82) is 0 Å². The number of nitrogens with one attached hydrogen (secondary N) is 1. The first kappa shape index (κ1) is 22.6. The Hall–Kier alpha value is -3.05. The van der Waals surface area contributed by atoms with Gasteiger partial charge in [0.05, 0.1) is 16.9 Å². The van der Waals surface area contributed by atoms with Gasteiger partial charge in [-0.3, -0.25) is 4.98 Å². The van der Waals surface area contributed by atoms with E-state index in [9.17, 15) is 13.2 Å². The first-order chi connectivity index (χ1) is 14.7. The van der Waals surface area contributed by atoms with Crippen LogP contribution in [0, 0.1) is 13.8 Å². The van der Waals surface area contributed by atoms with Crippen molar-refractivity contribution >= 4 is 33.2 Å². The van der Waals surface area contributed by atoms with E-state index in [0.717, 1.165) is 46.4 Å². The predicted octanol–water partition coefficient (Wildman–Crippen LogP) is 3.92. The number of benzene rings is 1. The lowest BCUT2D eigenvalue weighted by Crippen LogP contribution is -2.21. The summed E-state index contributed by atoms with van der Waals surface area (Å²) in [5, 5.41) is 17.5. The number of rotatable bonds is 5. The molecule has 11 heteroatoms. The minimum absolute atomic E-state index is 0.777. The van der Waals surface area contributed by atoms with Gasteiger partial charge in [-0.15, -0.1) is 0 Å². The molecule has 0 aliphatic carbocycles. The fourth-order valence-corrected chi connectivity index (χ4v) is 3.80. The number of fused-ring (bicyclic) bond motifs is 2. The Morgan fingerprint density at radius 3 is 2.65 bits per heavy atom. The Labute approximate surface area is 179 Å². The highest BCUT2D eigenvalue weighted by atomic mass is 32.1. The van der Waals surface area contributed by atoms with Crippen LogP contribution < -0.4 is 5.32 Å². The number of aryl methyl sites for hydroxylation is 2. The fraction of sp³-hybridized carbons (Fsp3) is 0.300. The topological polar surface area (TPSA) is 92.4 Å². The number of hydrogen-bond acceptors (Lipinski definition) is 6. The molecule has 0 spiro atoms. The molecule has 0 saturated carbocycles. The molecule has 164 valence electrons. The van der Waals surface area contributed by atoms with Gasteiger partial charge >= 0.3 is 12.1 Å². The standard InChI is InChI=1S/C18H19N5S.C2HF3O2/c1-12-17(23-18(21-12)24-13(2)22-23)11-19-9-7-14-8-10-20-16-6-4-3-5-15(14)16;3-2(4,5)1(6)7/h3-6,8,10,19H,7,9,11H2,1-2H3;(H,6,7). The number of alkyl halides is 3. The molecule has 4 rings (SSSR count). The van der Waals surface area contributed by atoms with Gasteiger partial charge in [0, 0.05) is 18.1 Å². The normalized spacial score (nSPS) is 11.5. The van der Waals surface area contributed by atoms with Crippen LogP contribution in [0.3, 0.4) is 0 Å². The second-order valence-electron chi connectivity index (χ2n) is 6.68. The summed E-state index contributed by atoms with van der Waals surface area (Å²) in [4.78, 5) is 18.9. The Kier molecular flexibility index (Phi) is 6.86. The van der Waals surface area contributed by atoms with Crippen LogP contribution in [0.1, 0.15) is 22.0 Å². The lowest BCUT2D eigenvalue weighted by atomic mass is 10.1. The van der Waals surface area contributed by atoms with E-state index in [0.29, 0.717) is 0 Å². The number of imidazole rings is 1. The molecule has 2 N–H and O–H groups in total. The van der Waals surface area contributed by atoms with Crippen molar-refractivity contribution in [3.8, 4) is 0 Å². The molecule has 0 amide bonds. The summed E-state index contributed by atoms with van der Waals surface area (Å²) >= 11 is 1.63. The summed E-state index contributed by atoms with van der Waals surface area (Å²) in [5.74, 6) is -2.76. The van der Waals surface area contributed by atoms with Crippen LogP contribution in [0.2, 0.25) is 0 Å². The SMILES string of the molecule is Cc1nn2c(CNCCc3ccnc4ccccc34)c(C)nc2s1.O=C(O)C(F)(F)F. The van der Waals surface area contributed by atoms with Crippen molar-refractivity contribution in [1.82, 2.24) is 24.9 Å². The summed E-state index contributed by atoms with van der Waals surface area (Å²) in [6.45, 7) is 5.74. The van der Waals surface area contributed by atoms with Gasteiger partial charge in [-0.05, 0) is 44.5 Å². The van der Waals surface area contributed by atoms with E-state index < -0.39 is 12.1 Å². The number of carboxylic acids is 1. The first-order valence-corrected chi connectivity index (χ1v) is 10.1. The lowest BCUT2D eigenvalue weighted by molar-refractivity contribution is -0.192. The van der Waals surface area contributed by atoms with Crippen LogP contribution in [0.4, 0.5) is 13.2 Å². The molecule has 31 heavy (non-hydrogen) atoms. The number of aromatic nitrogens is 4. The molecule has 0 fully saturated rings. The van der Waals surface area contributed by atoms with Gasteiger partial charge in [-0.1, -0.05) is 29.5 Å². The van der Waals surface area contributed by atoms with Crippen LogP contribution >= 0.6 is 11.3 Å². The quantitative estimate of drug-likeness (QED) is 0.447. The largest absolute Gasteiger partial charge is 0.490 e. The lowest BCUT2D eigenvalue weighted by Gasteiger charge is -2.07.